The fourth-order valence-electron chi connectivity index (χ4n) is 4.30. The summed E-state index contributed by atoms with van der Waals surface area (Å²) in [6.07, 6.45) is -15.0. The van der Waals surface area contributed by atoms with Crippen molar-refractivity contribution in [1.82, 2.24) is 0 Å². The van der Waals surface area contributed by atoms with Gasteiger partial charge in [0.15, 0.2) is 6.17 Å². The average Bonchev–Trinajstić information content (AvgIpc) is 2.65. The first kappa shape index (κ1) is 22.1. The van der Waals surface area contributed by atoms with Crippen LogP contribution in [0.4, 0.5) is 35.1 Å². The van der Waals surface area contributed by atoms with Crippen LogP contribution in [0.3, 0.4) is 0 Å². The Hall–Kier alpha value is -2.56. The third kappa shape index (κ3) is 2.82. The van der Waals surface area contributed by atoms with Gasteiger partial charge in [-0.1, -0.05) is 6.92 Å². The van der Waals surface area contributed by atoms with Crippen molar-refractivity contribution in [2.24, 2.45) is 10.8 Å². The second kappa shape index (κ2) is 6.47. The molecule has 1 unspecified atom stereocenters. The number of hydrogen-bond acceptors (Lipinski definition) is 3. The molecule has 3 aliphatic rings. The van der Waals surface area contributed by atoms with Crippen molar-refractivity contribution in [1.29, 1.82) is 10.5 Å². The van der Waals surface area contributed by atoms with E-state index in [1.165, 1.54) is 6.07 Å². The van der Waals surface area contributed by atoms with E-state index in [1.807, 2.05) is 0 Å². The van der Waals surface area contributed by atoms with Gasteiger partial charge in [0, 0.05) is 5.41 Å². The van der Waals surface area contributed by atoms with Gasteiger partial charge < -0.3 is 4.74 Å². The summed E-state index contributed by atoms with van der Waals surface area (Å²) in [5.74, 6) is -5.18. The molecule has 0 saturated heterocycles. The summed E-state index contributed by atoms with van der Waals surface area (Å²) in [6.45, 7) is 1.12. The zero-order valence-electron chi connectivity index (χ0n) is 15.4. The molecule has 4 rings (SSSR count). The molecule has 1 aromatic carbocycles. The highest BCUT2D eigenvalue weighted by atomic mass is 19.4. The predicted octanol–water partition coefficient (Wildman–Crippen LogP) is 5.97. The van der Waals surface area contributed by atoms with E-state index in [-0.39, 0.29) is 6.07 Å². The summed E-state index contributed by atoms with van der Waals surface area (Å²) in [6, 6.07) is 2.99. The number of rotatable bonds is 3. The highest BCUT2D eigenvalue weighted by molar-refractivity contribution is 5.58. The molecule has 0 aromatic heterocycles. The molecule has 162 valence electrons. The maximum absolute atomic E-state index is 15.1. The number of halogens is 8. The Morgan fingerprint density at radius 2 is 1.50 bits per heavy atom. The lowest BCUT2D eigenvalue weighted by atomic mass is 9.51. The van der Waals surface area contributed by atoms with Gasteiger partial charge in [0.2, 0.25) is 0 Å². The van der Waals surface area contributed by atoms with Crippen molar-refractivity contribution >= 4 is 0 Å². The van der Waals surface area contributed by atoms with Crippen LogP contribution in [0, 0.1) is 33.5 Å². The van der Waals surface area contributed by atoms with Crippen molar-refractivity contribution in [2.75, 3.05) is 0 Å². The van der Waals surface area contributed by atoms with Crippen LogP contribution in [0.15, 0.2) is 12.1 Å². The van der Waals surface area contributed by atoms with E-state index in [1.54, 1.807) is 0 Å². The molecule has 3 fully saturated rings. The molecular weight excluding hydrogens is 424 g/mol. The van der Waals surface area contributed by atoms with Crippen LogP contribution in [-0.2, 0) is 6.18 Å². The van der Waals surface area contributed by atoms with Gasteiger partial charge in [-0.15, -0.1) is 0 Å². The zero-order chi connectivity index (χ0) is 22.8. The molecule has 2 bridgehead atoms. The van der Waals surface area contributed by atoms with Gasteiger partial charge in [0.25, 0.3) is 5.92 Å². The van der Waals surface area contributed by atoms with E-state index in [0.717, 1.165) is 13.0 Å². The molecular formula is C19H14F8N2O. The highest BCUT2D eigenvalue weighted by Crippen LogP contribution is 2.68. The lowest BCUT2D eigenvalue weighted by molar-refractivity contribution is -0.359. The first-order chi connectivity index (χ1) is 13.7. The molecule has 0 heterocycles. The maximum atomic E-state index is 15.1. The van der Waals surface area contributed by atoms with Crippen LogP contribution >= 0.6 is 0 Å². The van der Waals surface area contributed by atoms with Crippen LogP contribution < -0.4 is 4.74 Å². The summed E-state index contributed by atoms with van der Waals surface area (Å²) in [5.41, 5.74) is -8.64. The van der Waals surface area contributed by atoms with Crippen molar-refractivity contribution < 1.29 is 39.9 Å². The number of ether oxygens (including phenoxy) is 1. The van der Waals surface area contributed by atoms with Crippen LogP contribution in [0.1, 0.15) is 49.3 Å². The van der Waals surface area contributed by atoms with Crippen molar-refractivity contribution in [3.8, 4) is 17.9 Å². The van der Waals surface area contributed by atoms with Gasteiger partial charge in [-0.25, -0.2) is 13.2 Å². The van der Waals surface area contributed by atoms with Gasteiger partial charge in [-0.05, 0) is 37.8 Å². The summed E-state index contributed by atoms with van der Waals surface area (Å²) in [4.78, 5) is 0. The number of nitriles is 2. The van der Waals surface area contributed by atoms with Crippen LogP contribution in [0.25, 0.3) is 0 Å². The fraction of sp³-hybridized carbons (Fsp3) is 0.579. The average molecular weight is 438 g/mol. The lowest BCUT2D eigenvalue weighted by Crippen LogP contribution is -2.68. The molecule has 0 radical (unpaired) electrons. The summed E-state index contributed by atoms with van der Waals surface area (Å²) < 4.78 is 117. The number of hydrogen-bond donors (Lipinski definition) is 0. The molecule has 0 amide bonds. The highest BCUT2D eigenvalue weighted by Gasteiger charge is 2.77. The zero-order valence-corrected chi connectivity index (χ0v) is 15.4. The number of alkyl halides is 8. The quantitative estimate of drug-likeness (QED) is 0.546. The Morgan fingerprint density at radius 1 is 0.967 bits per heavy atom. The number of nitrogens with zero attached hydrogens (tertiary/aromatic N) is 2. The van der Waals surface area contributed by atoms with Crippen molar-refractivity contribution in [3.63, 3.8) is 0 Å². The molecule has 1 atom stereocenters. The van der Waals surface area contributed by atoms with E-state index >= 15 is 8.78 Å². The van der Waals surface area contributed by atoms with E-state index in [2.05, 4.69) is 4.74 Å². The van der Waals surface area contributed by atoms with E-state index in [0.29, 0.717) is 6.07 Å². The van der Waals surface area contributed by atoms with Crippen molar-refractivity contribution in [3.05, 3.63) is 28.8 Å². The summed E-state index contributed by atoms with van der Waals surface area (Å²) in [7, 11) is 0. The molecule has 3 aliphatic carbocycles. The van der Waals surface area contributed by atoms with Crippen LogP contribution in [-0.4, -0.2) is 18.2 Å². The van der Waals surface area contributed by atoms with Crippen molar-refractivity contribution in [2.45, 2.75) is 57.0 Å². The molecule has 30 heavy (non-hydrogen) atoms. The van der Waals surface area contributed by atoms with Gasteiger partial charge in [0.1, 0.15) is 28.9 Å². The first-order valence-corrected chi connectivity index (χ1v) is 8.80. The molecule has 11 heteroatoms. The standard InChI is InChI=1S/C19H14F8N2O/c1-15-4-6-16(7-5-15,14(20)17(15,21)22)19(26,27)30-13-3-2-12(18(23,24)25)10(8-28)11(13)9-29/h2-3,14H,4-7H2,1H3. The molecule has 0 spiro atoms. The Kier molecular flexibility index (Phi) is 4.77. The third-order valence-electron chi connectivity index (χ3n) is 6.37. The van der Waals surface area contributed by atoms with Gasteiger partial charge >= 0.3 is 12.3 Å². The largest absolute Gasteiger partial charge is 0.431 e. The molecule has 1 aromatic rings. The van der Waals surface area contributed by atoms with Gasteiger partial charge in [-0.3, -0.25) is 0 Å². The third-order valence-corrected chi connectivity index (χ3v) is 6.37. The van der Waals surface area contributed by atoms with E-state index < -0.39 is 83.3 Å². The first-order valence-electron chi connectivity index (χ1n) is 8.80. The number of benzene rings is 1. The minimum atomic E-state index is -5.06. The van der Waals surface area contributed by atoms with E-state index in [4.69, 9.17) is 10.5 Å². The summed E-state index contributed by atoms with van der Waals surface area (Å²) >= 11 is 0. The predicted molar refractivity (Wildman–Crippen MR) is 85.3 cm³/mol. The SMILES string of the molecule is CC12CCC(C(F)(F)Oc3ccc(C(F)(F)F)c(C#N)c3C#N)(CC1)C(F)C2(F)F. The molecule has 0 aliphatic heterocycles. The monoisotopic (exact) mass is 438 g/mol. The Balaban J connectivity index is 2.07. The molecule has 0 N–H and O–H groups in total. The Labute approximate surface area is 165 Å². The maximum Gasteiger partial charge on any atom is 0.417 e. The van der Waals surface area contributed by atoms with Gasteiger partial charge in [0.05, 0.1) is 11.1 Å². The normalized spacial score (nSPS) is 30.4. The Morgan fingerprint density at radius 3 is 1.97 bits per heavy atom. The van der Waals surface area contributed by atoms with Crippen LogP contribution in [0.2, 0.25) is 0 Å². The molecule has 3 saturated carbocycles. The molecule has 3 nitrogen and oxygen atoms in total. The van der Waals surface area contributed by atoms with E-state index in [9.17, 15) is 26.3 Å². The number of fused-ring (bicyclic) bond motifs is 3. The Bertz CT molecular complexity index is 949. The second-order valence-corrected chi connectivity index (χ2v) is 7.90. The topological polar surface area (TPSA) is 56.8 Å². The van der Waals surface area contributed by atoms with Crippen LogP contribution in [0.5, 0.6) is 5.75 Å². The minimum absolute atomic E-state index is 0.267. The fourth-order valence-corrected chi connectivity index (χ4v) is 4.30. The smallest absolute Gasteiger partial charge is 0.417 e. The van der Waals surface area contributed by atoms with Gasteiger partial charge in [-0.2, -0.15) is 32.5 Å². The minimum Gasteiger partial charge on any atom is -0.431 e. The second-order valence-electron chi connectivity index (χ2n) is 7.90. The summed E-state index contributed by atoms with van der Waals surface area (Å²) in [5, 5.41) is 18.1. The lowest BCUT2D eigenvalue weighted by Gasteiger charge is -2.58.